The SMILES string of the molecule is COCC(O)Cn1ccnc1C#N. The van der Waals surface area contributed by atoms with Gasteiger partial charge >= 0.3 is 0 Å². The van der Waals surface area contributed by atoms with Gasteiger partial charge in [-0.2, -0.15) is 5.26 Å². The Labute approximate surface area is 76.2 Å². The largest absolute Gasteiger partial charge is 0.389 e. The maximum absolute atomic E-state index is 9.36. The molecule has 1 atom stereocenters. The molecule has 1 aromatic heterocycles. The van der Waals surface area contributed by atoms with E-state index in [0.717, 1.165) is 0 Å². The number of nitriles is 1. The number of hydrogen-bond donors (Lipinski definition) is 1. The predicted octanol–water partition coefficient (Wildman–Crippen LogP) is -0.238. The monoisotopic (exact) mass is 181 g/mol. The van der Waals surface area contributed by atoms with Gasteiger partial charge in [0.05, 0.1) is 19.3 Å². The van der Waals surface area contributed by atoms with Crippen LogP contribution in [0.5, 0.6) is 0 Å². The number of methoxy groups -OCH3 is 1. The van der Waals surface area contributed by atoms with Gasteiger partial charge in [-0.25, -0.2) is 4.98 Å². The molecule has 1 unspecified atom stereocenters. The van der Waals surface area contributed by atoms with Gasteiger partial charge in [-0.15, -0.1) is 0 Å². The van der Waals surface area contributed by atoms with Crippen molar-refractivity contribution in [1.29, 1.82) is 5.26 Å². The lowest BCUT2D eigenvalue weighted by atomic mass is 10.4. The number of rotatable bonds is 4. The summed E-state index contributed by atoms with van der Waals surface area (Å²) in [4.78, 5) is 3.80. The van der Waals surface area contributed by atoms with E-state index in [1.54, 1.807) is 10.8 Å². The van der Waals surface area contributed by atoms with Crippen molar-refractivity contribution in [3.05, 3.63) is 18.2 Å². The van der Waals surface area contributed by atoms with Crippen LogP contribution in [0.1, 0.15) is 5.82 Å². The zero-order valence-corrected chi connectivity index (χ0v) is 7.34. The number of nitrogens with zero attached hydrogens (tertiary/aromatic N) is 3. The second kappa shape index (κ2) is 4.60. The van der Waals surface area contributed by atoms with Crippen LogP contribution in [-0.4, -0.2) is 34.5 Å². The lowest BCUT2D eigenvalue weighted by molar-refractivity contribution is 0.0535. The topological polar surface area (TPSA) is 71.1 Å². The van der Waals surface area contributed by atoms with E-state index in [1.807, 2.05) is 6.07 Å². The Balaban J connectivity index is 2.59. The third-order valence-corrected chi connectivity index (χ3v) is 1.58. The first kappa shape index (κ1) is 9.71. The summed E-state index contributed by atoms with van der Waals surface area (Å²) in [7, 11) is 1.52. The van der Waals surface area contributed by atoms with Gasteiger partial charge in [0.2, 0.25) is 5.82 Å². The summed E-state index contributed by atoms with van der Waals surface area (Å²) >= 11 is 0. The van der Waals surface area contributed by atoms with Crippen molar-refractivity contribution >= 4 is 0 Å². The molecule has 1 rings (SSSR count). The highest BCUT2D eigenvalue weighted by molar-refractivity contribution is 5.11. The maximum Gasteiger partial charge on any atom is 0.212 e. The molecule has 0 amide bonds. The summed E-state index contributed by atoms with van der Waals surface area (Å²) in [6.07, 6.45) is 2.57. The molecule has 0 bridgehead atoms. The van der Waals surface area contributed by atoms with E-state index >= 15 is 0 Å². The van der Waals surface area contributed by atoms with Gasteiger partial charge in [0, 0.05) is 19.5 Å². The van der Waals surface area contributed by atoms with Gasteiger partial charge in [0.15, 0.2) is 0 Å². The molecule has 1 heterocycles. The normalized spacial score (nSPS) is 12.4. The average Bonchev–Trinajstić information content (AvgIpc) is 2.52. The van der Waals surface area contributed by atoms with Gasteiger partial charge in [0.25, 0.3) is 0 Å². The van der Waals surface area contributed by atoms with Crippen molar-refractivity contribution in [3.8, 4) is 6.07 Å². The van der Waals surface area contributed by atoms with E-state index in [9.17, 15) is 5.11 Å². The molecule has 0 fully saturated rings. The Hall–Kier alpha value is -1.38. The van der Waals surface area contributed by atoms with Gasteiger partial charge in [-0.1, -0.05) is 0 Å². The number of hydrogen-bond acceptors (Lipinski definition) is 4. The first-order valence-electron chi connectivity index (χ1n) is 3.86. The van der Waals surface area contributed by atoms with Crippen molar-refractivity contribution in [2.45, 2.75) is 12.6 Å². The molecule has 0 aliphatic carbocycles. The molecule has 0 aromatic carbocycles. The number of ether oxygens (including phenoxy) is 1. The van der Waals surface area contributed by atoms with E-state index in [-0.39, 0.29) is 6.61 Å². The van der Waals surface area contributed by atoms with Crippen molar-refractivity contribution in [1.82, 2.24) is 9.55 Å². The molecule has 0 spiro atoms. The quantitative estimate of drug-likeness (QED) is 0.696. The smallest absolute Gasteiger partial charge is 0.212 e. The second-order valence-electron chi connectivity index (χ2n) is 2.62. The molecule has 13 heavy (non-hydrogen) atoms. The highest BCUT2D eigenvalue weighted by Crippen LogP contribution is 1.98. The van der Waals surface area contributed by atoms with Crippen LogP contribution in [0.2, 0.25) is 0 Å². The predicted molar refractivity (Wildman–Crippen MR) is 44.8 cm³/mol. The molecule has 0 aliphatic heterocycles. The fourth-order valence-electron chi connectivity index (χ4n) is 1.04. The third-order valence-electron chi connectivity index (χ3n) is 1.58. The molecule has 0 saturated heterocycles. The molecule has 5 heteroatoms. The first-order valence-corrected chi connectivity index (χ1v) is 3.86. The molecular formula is C8H11N3O2. The van der Waals surface area contributed by atoms with Crippen LogP contribution in [0.3, 0.4) is 0 Å². The maximum atomic E-state index is 9.36. The van der Waals surface area contributed by atoms with Crippen molar-refractivity contribution in [3.63, 3.8) is 0 Å². The van der Waals surface area contributed by atoms with Crippen LogP contribution in [0.25, 0.3) is 0 Å². The fraction of sp³-hybridized carbons (Fsp3) is 0.500. The van der Waals surface area contributed by atoms with Gasteiger partial charge in [0.1, 0.15) is 6.07 Å². The number of aliphatic hydroxyl groups excluding tert-OH is 1. The minimum Gasteiger partial charge on any atom is -0.389 e. The Morgan fingerprint density at radius 3 is 3.23 bits per heavy atom. The molecule has 5 nitrogen and oxygen atoms in total. The second-order valence-corrected chi connectivity index (χ2v) is 2.62. The average molecular weight is 181 g/mol. The lowest BCUT2D eigenvalue weighted by Gasteiger charge is -2.09. The van der Waals surface area contributed by atoms with E-state index in [2.05, 4.69) is 4.98 Å². The van der Waals surface area contributed by atoms with E-state index in [1.165, 1.54) is 13.3 Å². The van der Waals surface area contributed by atoms with E-state index in [4.69, 9.17) is 10.00 Å². The highest BCUT2D eigenvalue weighted by Gasteiger charge is 2.07. The highest BCUT2D eigenvalue weighted by atomic mass is 16.5. The van der Waals surface area contributed by atoms with Crippen LogP contribution in [0, 0.1) is 11.3 Å². The van der Waals surface area contributed by atoms with Gasteiger partial charge in [-0.05, 0) is 0 Å². The Bertz CT molecular complexity index is 303. The van der Waals surface area contributed by atoms with E-state index < -0.39 is 6.10 Å². The lowest BCUT2D eigenvalue weighted by Crippen LogP contribution is -2.21. The summed E-state index contributed by atoms with van der Waals surface area (Å²) in [5, 5.41) is 18.0. The van der Waals surface area contributed by atoms with Crippen molar-refractivity contribution < 1.29 is 9.84 Å². The summed E-state index contributed by atoms with van der Waals surface area (Å²) in [5.41, 5.74) is 0. The van der Waals surface area contributed by atoms with Gasteiger partial charge in [-0.3, -0.25) is 0 Å². The number of aromatic nitrogens is 2. The van der Waals surface area contributed by atoms with Crippen molar-refractivity contribution in [2.24, 2.45) is 0 Å². The molecule has 0 radical (unpaired) electrons. The molecular weight excluding hydrogens is 170 g/mol. The van der Waals surface area contributed by atoms with Crippen LogP contribution >= 0.6 is 0 Å². The summed E-state index contributed by atoms with van der Waals surface area (Å²) in [6, 6.07) is 1.92. The van der Waals surface area contributed by atoms with E-state index in [0.29, 0.717) is 12.4 Å². The number of aliphatic hydroxyl groups is 1. The van der Waals surface area contributed by atoms with Gasteiger partial charge < -0.3 is 14.4 Å². The zero-order chi connectivity index (χ0) is 9.68. The third kappa shape index (κ3) is 2.54. The summed E-state index contributed by atoms with van der Waals surface area (Å²) in [5.74, 6) is 0.301. The molecule has 70 valence electrons. The zero-order valence-electron chi connectivity index (χ0n) is 7.34. The van der Waals surface area contributed by atoms with Crippen LogP contribution < -0.4 is 0 Å². The molecule has 0 aliphatic rings. The molecule has 1 aromatic rings. The standard InChI is InChI=1S/C8H11N3O2/c1-13-6-7(12)5-11-3-2-10-8(11)4-9/h2-3,7,12H,5-6H2,1H3. The summed E-state index contributed by atoms with van der Waals surface area (Å²) in [6.45, 7) is 0.583. The first-order chi connectivity index (χ1) is 6.27. The minimum atomic E-state index is -0.605. The van der Waals surface area contributed by atoms with Crippen LogP contribution in [0.15, 0.2) is 12.4 Å². The Morgan fingerprint density at radius 2 is 2.62 bits per heavy atom. The fourth-order valence-corrected chi connectivity index (χ4v) is 1.04. The minimum absolute atomic E-state index is 0.253. The number of imidazole rings is 1. The van der Waals surface area contributed by atoms with Crippen LogP contribution in [-0.2, 0) is 11.3 Å². The van der Waals surface area contributed by atoms with Crippen LogP contribution in [0.4, 0.5) is 0 Å². The summed E-state index contributed by atoms with van der Waals surface area (Å²) < 4.78 is 6.35. The Kier molecular flexibility index (Phi) is 3.43. The molecule has 0 saturated carbocycles. The Morgan fingerprint density at radius 1 is 1.85 bits per heavy atom. The molecule has 1 N–H and O–H groups in total. The van der Waals surface area contributed by atoms with Crippen molar-refractivity contribution in [2.75, 3.05) is 13.7 Å².